The molecule has 6 nitrogen and oxygen atoms in total. The lowest BCUT2D eigenvalue weighted by Crippen LogP contribution is -2.49. The van der Waals surface area contributed by atoms with Gasteiger partial charge in [0.15, 0.2) is 5.82 Å². The maximum atomic E-state index is 13.1. The lowest BCUT2D eigenvalue weighted by atomic mass is 10.2. The van der Waals surface area contributed by atoms with Gasteiger partial charge in [-0.15, -0.1) is 0 Å². The molecule has 3 heterocycles. The van der Waals surface area contributed by atoms with Crippen LogP contribution in [0.25, 0.3) is 5.82 Å². The Labute approximate surface area is 173 Å². The predicted molar refractivity (Wildman–Crippen MR) is 110 cm³/mol. The summed E-state index contributed by atoms with van der Waals surface area (Å²) in [5, 5.41) is 4.75. The Balaban J connectivity index is 1.51. The summed E-state index contributed by atoms with van der Waals surface area (Å²) in [4.78, 5) is 21.4. The van der Waals surface area contributed by atoms with Gasteiger partial charge in [0.25, 0.3) is 5.91 Å². The number of pyridine rings is 1. The van der Waals surface area contributed by atoms with Gasteiger partial charge in [-0.2, -0.15) is 5.10 Å². The van der Waals surface area contributed by atoms with Crippen molar-refractivity contribution in [3.63, 3.8) is 0 Å². The molecule has 0 saturated carbocycles. The van der Waals surface area contributed by atoms with Gasteiger partial charge in [0.1, 0.15) is 11.5 Å². The fourth-order valence-electron chi connectivity index (χ4n) is 3.53. The molecule has 1 aliphatic heterocycles. The number of benzene rings is 1. The third-order valence-corrected chi connectivity index (χ3v) is 5.32. The first-order valence-electron chi connectivity index (χ1n) is 9.42. The highest BCUT2D eigenvalue weighted by molar-refractivity contribution is 6.33. The summed E-state index contributed by atoms with van der Waals surface area (Å²) in [6, 6.07) is 11.8. The molecular formula is C21H21ClFN5O. The van der Waals surface area contributed by atoms with Gasteiger partial charge in [0, 0.05) is 37.6 Å². The number of carbonyl (C=O) groups excluding carboxylic acids is 1. The number of piperazine rings is 1. The highest BCUT2D eigenvalue weighted by atomic mass is 35.5. The summed E-state index contributed by atoms with van der Waals surface area (Å²) in [5.74, 6) is 0.108. The molecule has 1 aliphatic rings. The van der Waals surface area contributed by atoms with E-state index in [1.165, 1.54) is 12.1 Å². The molecule has 4 rings (SSSR count). The Morgan fingerprint density at radius 3 is 2.34 bits per heavy atom. The van der Waals surface area contributed by atoms with Crippen molar-refractivity contribution in [1.29, 1.82) is 0 Å². The average Bonchev–Trinajstić information content (AvgIpc) is 3.06. The van der Waals surface area contributed by atoms with Crippen molar-refractivity contribution in [3.05, 3.63) is 70.4 Å². The zero-order chi connectivity index (χ0) is 20.5. The normalized spacial score (nSPS) is 14.3. The molecule has 0 aliphatic carbocycles. The van der Waals surface area contributed by atoms with Crippen LogP contribution < -0.4 is 4.90 Å². The number of hydrogen-bond donors (Lipinski definition) is 0. The SMILES string of the molecule is Cc1cc(C)n(-c2ccc(Cl)c(C(=O)N3CCN(c4ccc(F)cc4)CC3)n2)n1. The van der Waals surface area contributed by atoms with Crippen LogP contribution in [0.4, 0.5) is 10.1 Å². The first-order chi connectivity index (χ1) is 13.9. The summed E-state index contributed by atoms with van der Waals surface area (Å²) in [5.41, 5.74) is 2.99. The number of rotatable bonds is 3. The minimum absolute atomic E-state index is 0.197. The summed E-state index contributed by atoms with van der Waals surface area (Å²) in [6.45, 7) is 6.24. The number of anilines is 1. The Morgan fingerprint density at radius 2 is 1.72 bits per heavy atom. The highest BCUT2D eigenvalue weighted by Crippen LogP contribution is 2.22. The second-order valence-electron chi connectivity index (χ2n) is 7.09. The van der Waals surface area contributed by atoms with Crippen LogP contribution in [0.2, 0.25) is 5.02 Å². The van der Waals surface area contributed by atoms with Crippen molar-refractivity contribution in [2.24, 2.45) is 0 Å². The van der Waals surface area contributed by atoms with Crippen molar-refractivity contribution in [2.45, 2.75) is 13.8 Å². The van der Waals surface area contributed by atoms with E-state index in [1.807, 2.05) is 19.9 Å². The Morgan fingerprint density at radius 1 is 1.03 bits per heavy atom. The highest BCUT2D eigenvalue weighted by Gasteiger charge is 2.25. The second kappa shape index (κ2) is 7.83. The number of aryl methyl sites for hydroxylation is 2. The van der Waals surface area contributed by atoms with Crippen LogP contribution in [0.15, 0.2) is 42.5 Å². The number of halogens is 2. The van der Waals surface area contributed by atoms with Gasteiger partial charge in [0.2, 0.25) is 0 Å². The van der Waals surface area contributed by atoms with Crippen LogP contribution >= 0.6 is 11.6 Å². The molecule has 0 radical (unpaired) electrons. The topological polar surface area (TPSA) is 54.3 Å². The molecule has 3 aromatic rings. The smallest absolute Gasteiger partial charge is 0.274 e. The van der Waals surface area contributed by atoms with Gasteiger partial charge in [0.05, 0.1) is 10.7 Å². The molecule has 0 N–H and O–H groups in total. The van der Waals surface area contributed by atoms with Crippen LogP contribution in [0.3, 0.4) is 0 Å². The van der Waals surface area contributed by atoms with E-state index in [4.69, 9.17) is 11.6 Å². The van der Waals surface area contributed by atoms with Crippen LogP contribution in [0.5, 0.6) is 0 Å². The summed E-state index contributed by atoms with van der Waals surface area (Å²) >= 11 is 6.30. The number of carbonyl (C=O) groups is 1. The molecule has 0 bridgehead atoms. The molecule has 29 heavy (non-hydrogen) atoms. The Kier molecular flexibility index (Phi) is 5.24. The fourth-order valence-corrected chi connectivity index (χ4v) is 3.72. The summed E-state index contributed by atoms with van der Waals surface area (Å²) < 4.78 is 14.8. The van der Waals surface area contributed by atoms with Gasteiger partial charge in [-0.3, -0.25) is 4.79 Å². The van der Waals surface area contributed by atoms with E-state index in [9.17, 15) is 9.18 Å². The number of aromatic nitrogens is 3. The van der Waals surface area contributed by atoms with E-state index >= 15 is 0 Å². The molecule has 8 heteroatoms. The number of hydrogen-bond acceptors (Lipinski definition) is 4. The van der Waals surface area contributed by atoms with Gasteiger partial charge in [-0.25, -0.2) is 14.1 Å². The van der Waals surface area contributed by atoms with E-state index in [2.05, 4.69) is 15.0 Å². The Bertz CT molecular complexity index is 1040. The summed E-state index contributed by atoms with van der Waals surface area (Å²) in [7, 11) is 0. The third kappa shape index (κ3) is 3.96. The summed E-state index contributed by atoms with van der Waals surface area (Å²) in [6.07, 6.45) is 0. The quantitative estimate of drug-likeness (QED) is 0.657. The van der Waals surface area contributed by atoms with Gasteiger partial charge < -0.3 is 9.80 Å². The van der Waals surface area contributed by atoms with Crippen LogP contribution in [-0.2, 0) is 0 Å². The molecule has 0 atom stereocenters. The molecular weight excluding hydrogens is 393 g/mol. The standard InChI is InChI=1S/C21H21ClFN5O/c1-14-13-15(2)28(25-14)19-8-7-18(22)20(24-19)21(29)27-11-9-26(10-12-27)17-5-3-16(23)4-6-17/h3-8,13H,9-12H2,1-2H3. The monoisotopic (exact) mass is 413 g/mol. The zero-order valence-corrected chi connectivity index (χ0v) is 17.0. The van der Waals surface area contributed by atoms with E-state index in [0.717, 1.165) is 17.1 Å². The minimum Gasteiger partial charge on any atom is -0.368 e. The van der Waals surface area contributed by atoms with E-state index in [0.29, 0.717) is 37.0 Å². The second-order valence-corrected chi connectivity index (χ2v) is 7.50. The minimum atomic E-state index is -0.259. The molecule has 150 valence electrons. The van der Waals surface area contributed by atoms with Crippen molar-refractivity contribution < 1.29 is 9.18 Å². The van der Waals surface area contributed by atoms with Crippen molar-refractivity contribution in [3.8, 4) is 5.82 Å². The maximum absolute atomic E-state index is 13.1. The van der Waals surface area contributed by atoms with E-state index in [1.54, 1.807) is 33.8 Å². The molecule has 1 fully saturated rings. The average molecular weight is 414 g/mol. The lowest BCUT2D eigenvalue weighted by Gasteiger charge is -2.36. The van der Waals surface area contributed by atoms with Crippen LogP contribution in [0, 0.1) is 19.7 Å². The Hall–Kier alpha value is -2.93. The predicted octanol–water partition coefficient (Wildman–Crippen LogP) is 3.64. The third-order valence-electron chi connectivity index (χ3n) is 5.02. The molecule has 0 spiro atoms. The molecule has 0 unspecified atom stereocenters. The largest absolute Gasteiger partial charge is 0.368 e. The van der Waals surface area contributed by atoms with E-state index in [-0.39, 0.29) is 17.4 Å². The molecule has 1 aromatic carbocycles. The van der Waals surface area contributed by atoms with Crippen molar-refractivity contribution in [2.75, 3.05) is 31.1 Å². The molecule has 1 saturated heterocycles. The first-order valence-corrected chi connectivity index (χ1v) is 9.80. The number of amides is 1. The zero-order valence-electron chi connectivity index (χ0n) is 16.3. The lowest BCUT2D eigenvalue weighted by molar-refractivity contribution is 0.0741. The first kappa shape index (κ1) is 19.4. The van der Waals surface area contributed by atoms with Crippen LogP contribution in [0.1, 0.15) is 21.9 Å². The van der Waals surface area contributed by atoms with Gasteiger partial charge >= 0.3 is 0 Å². The molecule has 1 amide bonds. The number of nitrogens with zero attached hydrogens (tertiary/aromatic N) is 5. The van der Waals surface area contributed by atoms with Crippen molar-refractivity contribution >= 4 is 23.2 Å². The van der Waals surface area contributed by atoms with Crippen molar-refractivity contribution in [1.82, 2.24) is 19.7 Å². The van der Waals surface area contributed by atoms with Gasteiger partial charge in [-0.05, 0) is 56.3 Å². The van der Waals surface area contributed by atoms with E-state index < -0.39 is 0 Å². The molecule has 2 aromatic heterocycles. The fraction of sp³-hybridized carbons (Fsp3) is 0.286. The van der Waals surface area contributed by atoms with Crippen LogP contribution in [-0.4, -0.2) is 51.8 Å². The maximum Gasteiger partial charge on any atom is 0.274 e. The van der Waals surface area contributed by atoms with Gasteiger partial charge in [-0.1, -0.05) is 11.6 Å².